The highest BCUT2D eigenvalue weighted by Crippen LogP contribution is 2.40. The first-order valence-electron chi connectivity index (χ1n) is 12.1. The van der Waals surface area contributed by atoms with Crippen LogP contribution in [0.2, 0.25) is 0 Å². The van der Waals surface area contributed by atoms with Gasteiger partial charge in [-0.25, -0.2) is 4.79 Å². The van der Waals surface area contributed by atoms with Crippen molar-refractivity contribution in [2.75, 3.05) is 6.61 Å². The molecule has 184 valence electrons. The van der Waals surface area contributed by atoms with Crippen molar-refractivity contribution in [1.82, 2.24) is 0 Å². The Bertz CT molecular complexity index is 1160. The van der Waals surface area contributed by atoms with E-state index >= 15 is 0 Å². The lowest BCUT2D eigenvalue weighted by atomic mass is 10.1. The van der Waals surface area contributed by atoms with E-state index in [9.17, 15) is 4.79 Å². The molecule has 0 aliphatic heterocycles. The number of benzene rings is 4. The zero-order valence-corrected chi connectivity index (χ0v) is 20.4. The first kappa shape index (κ1) is 24.9. The van der Waals surface area contributed by atoms with E-state index in [1.165, 1.54) is 0 Å². The van der Waals surface area contributed by atoms with Gasteiger partial charge in [0.2, 0.25) is 5.75 Å². The van der Waals surface area contributed by atoms with Crippen molar-refractivity contribution in [2.45, 2.75) is 33.2 Å². The van der Waals surface area contributed by atoms with E-state index in [0.29, 0.717) is 49.2 Å². The summed E-state index contributed by atoms with van der Waals surface area (Å²) in [6, 6.07) is 32.9. The highest BCUT2D eigenvalue weighted by atomic mass is 16.5. The lowest BCUT2D eigenvalue weighted by Crippen LogP contribution is -2.09. The Morgan fingerprint density at radius 3 is 1.44 bits per heavy atom. The van der Waals surface area contributed by atoms with Gasteiger partial charge in [0.25, 0.3) is 0 Å². The first-order valence-corrected chi connectivity index (χ1v) is 12.1. The second-order valence-electron chi connectivity index (χ2n) is 8.26. The molecule has 0 spiro atoms. The van der Waals surface area contributed by atoms with Crippen molar-refractivity contribution in [2.24, 2.45) is 0 Å². The van der Waals surface area contributed by atoms with Gasteiger partial charge in [-0.3, -0.25) is 0 Å². The Hall–Kier alpha value is -4.25. The summed E-state index contributed by atoms with van der Waals surface area (Å²) in [6.07, 6.45) is 0.735. The molecule has 4 rings (SSSR count). The van der Waals surface area contributed by atoms with E-state index in [4.69, 9.17) is 18.9 Å². The van der Waals surface area contributed by atoms with Crippen LogP contribution in [0.1, 0.15) is 40.4 Å². The molecule has 5 heteroatoms. The fraction of sp³-hybridized carbons (Fsp3) is 0.194. The normalized spacial score (nSPS) is 10.5. The average molecular weight is 483 g/mol. The number of esters is 1. The van der Waals surface area contributed by atoms with E-state index in [2.05, 4.69) is 0 Å². The molecule has 36 heavy (non-hydrogen) atoms. The Kier molecular flexibility index (Phi) is 8.98. The zero-order valence-electron chi connectivity index (χ0n) is 20.4. The van der Waals surface area contributed by atoms with Crippen molar-refractivity contribution in [1.29, 1.82) is 0 Å². The van der Waals surface area contributed by atoms with E-state index in [1.807, 2.05) is 97.9 Å². The Labute approximate surface area is 212 Å². The quantitative estimate of drug-likeness (QED) is 0.204. The molecule has 0 atom stereocenters. The molecule has 0 heterocycles. The van der Waals surface area contributed by atoms with Crippen LogP contribution >= 0.6 is 0 Å². The number of rotatable bonds is 12. The second-order valence-corrected chi connectivity index (χ2v) is 8.26. The molecule has 0 radical (unpaired) electrons. The predicted molar refractivity (Wildman–Crippen MR) is 139 cm³/mol. The first-order chi connectivity index (χ1) is 17.7. The second kappa shape index (κ2) is 13.0. The van der Waals surface area contributed by atoms with Crippen molar-refractivity contribution < 1.29 is 23.7 Å². The Morgan fingerprint density at radius 2 is 1.03 bits per heavy atom. The molecule has 0 saturated carbocycles. The van der Waals surface area contributed by atoms with E-state index in [1.54, 1.807) is 12.1 Å². The van der Waals surface area contributed by atoms with Gasteiger partial charge in [-0.2, -0.15) is 0 Å². The van der Waals surface area contributed by atoms with E-state index < -0.39 is 5.97 Å². The van der Waals surface area contributed by atoms with Crippen LogP contribution in [-0.4, -0.2) is 12.6 Å². The third-order valence-corrected chi connectivity index (χ3v) is 5.39. The molecule has 0 bridgehead atoms. The van der Waals surface area contributed by atoms with Crippen LogP contribution in [0.15, 0.2) is 103 Å². The molecule has 5 nitrogen and oxygen atoms in total. The smallest absolute Gasteiger partial charge is 0.338 e. The largest absolute Gasteiger partial charge is 0.485 e. The Morgan fingerprint density at radius 1 is 0.611 bits per heavy atom. The summed E-state index contributed by atoms with van der Waals surface area (Å²) in [5, 5.41) is 0. The molecule has 0 aromatic heterocycles. The van der Waals surface area contributed by atoms with Crippen LogP contribution in [0.5, 0.6) is 17.2 Å². The summed E-state index contributed by atoms with van der Waals surface area (Å²) in [5.41, 5.74) is 3.35. The molecule has 0 fully saturated rings. The van der Waals surface area contributed by atoms with Gasteiger partial charge in [-0.05, 0) is 35.2 Å². The summed E-state index contributed by atoms with van der Waals surface area (Å²) in [4.78, 5) is 12.8. The SMILES string of the molecule is CCCOC(=O)c1cc(OCc2ccccc2)c(OCc2ccccc2)c(OCc2ccccc2)c1. The number of ether oxygens (including phenoxy) is 4. The average Bonchev–Trinajstić information content (AvgIpc) is 2.94. The highest BCUT2D eigenvalue weighted by molar-refractivity contribution is 5.91. The topological polar surface area (TPSA) is 54.0 Å². The lowest BCUT2D eigenvalue weighted by Gasteiger charge is -2.19. The maximum Gasteiger partial charge on any atom is 0.338 e. The molecule has 0 aliphatic rings. The van der Waals surface area contributed by atoms with Crippen LogP contribution in [-0.2, 0) is 24.6 Å². The van der Waals surface area contributed by atoms with Crippen molar-refractivity contribution in [3.8, 4) is 17.2 Å². The van der Waals surface area contributed by atoms with Gasteiger partial charge in [0, 0.05) is 0 Å². The minimum absolute atomic E-state index is 0.314. The summed E-state index contributed by atoms with van der Waals surface area (Å²) in [6.45, 7) is 3.24. The number of hydrogen-bond acceptors (Lipinski definition) is 5. The Balaban J connectivity index is 1.67. The number of hydrogen-bond donors (Lipinski definition) is 0. The molecule has 0 amide bonds. The van der Waals surface area contributed by atoms with Crippen LogP contribution in [0, 0.1) is 0 Å². The van der Waals surface area contributed by atoms with E-state index in [0.717, 1.165) is 23.1 Å². The van der Waals surface area contributed by atoms with Gasteiger partial charge in [0.15, 0.2) is 11.5 Å². The third kappa shape index (κ3) is 7.12. The number of carbonyl (C=O) groups is 1. The van der Waals surface area contributed by atoms with Crippen molar-refractivity contribution >= 4 is 5.97 Å². The molecule has 0 N–H and O–H groups in total. The lowest BCUT2D eigenvalue weighted by molar-refractivity contribution is 0.0503. The van der Waals surface area contributed by atoms with Gasteiger partial charge in [0.05, 0.1) is 12.2 Å². The molecule has 4 aromatic rings. The summed E-state index contributed by atoms with van der Waals surface area (Å²) >= 11 is 0. The van der Waals surface area contributed by atoms with Crippen LogP contribution in [0.4, 0.5) is 0 Å². The molecular formula is C31H30O5. The third-order valence-electron chi connectivity index (χ3n) is 5.39. The standard InChI is InChI=1S/C31H30O5/c1-2-18-33-31(32)27-19-28(34-21-24-12-6-3-7-13-24)30(36-23-26-16-10-5-11-17-26)29(20-27)35-22-25-14-8-4-9-15-25/h3-17,19-20H,2,18,21-23H2,1H3. The minimum atomic E-state index is -0.430. The molecule has 0 aliphatic carbocycles. The molecule has 4 aromatic carbocycles. The summed E-state index contributed by atoms with van der Waals surface area (Å²) in [5.74, 6) is 0.853. The van der Waals surface area contributed by atoms with Crippen molar-refractivity contribution in [3.63, 3.8) is 0 Å². The van der Waals surface area contributed by atoms with Crippen LogP contribution in [0.25, 0.3) is 0 Å². The predicted octanol–water partition coefficient (Wildman–Crippen LogP) is 6.99. The fourth-order valence-electron chi connectivity index (χ4n) is 3.53. The van der Waals surface area contributed by atoms with Gasteiger partial charge >= 0.3 is 5.97 Å². The molecule has 0 unspecified atom stereocenters. The van der Waals surface area contributed by atoms with Crippen LogP contribution in [0.3, 0.4) is 0 Å². The fourth-order valence-corrected chi connectivity index (χ4v) is 3.53. The monoisotopic (exact) mass is 482 g/mol. The number of carbonyl (C=O) groups excluding carboxylic acids is 1. The van der Waals surface area contributed by atoms with Gasteiger partial charge in [0.1, 0.15) is 19.8 Å². The van der Waals surface area contributed by atoms with Crippen molar-refractivity contribution in [3.05, 3.63) is 125 Å². The maximum atomic E-state index is 12.8. The minimum Gasteiger partial charge on any atom is -0.485 e. The zero-order chi connectivity index (χ0) is 25.0. The molecule has 0 saturated heterocycles. The van der Waals surface area contributed by atoms with Gasteiger partial charge in [-0.15, -0.1) is 0 Å². The van der Waals surface area contributed by atoms with Gasteiger partial charge < -0.3 is 18.9 Å². The maximum absolute atomic E-state index is 12.8. The summed E-state index contributed by atoms with van der Waals surface area (Å²) in [7, 11) is 0. The van der Waals surface area contributed by atoms with Gasteiger partial charge in [-0.1, -0.05) is 97.9 Å². The summed E-state index contributed by atoms with van der Waals surface area (Å²) < 4.78 is 24.0. The van der Waals surface area contributed by atoms with Crippen LogP contribution < -0.4 is 14.2 Å². The molecular weight excluding hydrogens is 452 g/mol. The van der Waals surface area contributed by atoms with E-state index in [-0.39, 0.29) is 0 Å². The highest BCUT2D eigenvalue weighted by Gasteiger charge is 2.20.